The molecule has 0 aromatic heterocycles. The lowest BCUT2D eigenvalue weighted by atomic mass is 9.80. The minimum atomic E-state index is -2.93. The van der Waals surface area contributed by atoms with Gasteiger partial charge in [0.25, 0.3) is 0 Å². The van der Waals surface area contributed by atoms with Crippen LogP contribution in [0.5, 0.6) is 0 Å². The molecule has 0 spiro atoms. The van der Waals surface area contributed by atoms with Crippen LogP contribution in [0.25, 0.3) is 0 Å². The molecule has 4 heteroatoms. The zero-order chi connectivity index (χ0) is 10.1. The van der Waals surface area contributed by atoms with Crippen LogP contribution in [0.15, 0.2) is 0 Å². The minimum Gasteiger partial charge on any atom is -0.212 e. The van der Waals surface area contributed by atoms with Gasteiger partial charge in [0.15, 0.2) is 0 Å². The average Bonchev–Trinajstić information content (AvgIpc) is 2.54. The summed E-state index contributed by atoms with van der Waals surface area (Å²) < 4.78 is 25.8. The van der Waals surface area contributed by atoms with Gasteiger partial charge in [-0.25, -0.2) is 13.1 Å². The van der Waals surface area contributed by atoms with Crippen molar-refractivity contribution in [3.05, 3.63) is 0 Å². The van der Waals surface area contributed by atoms with E-state index < -0.39 is 10.0 Å². The minimum absolute atomic E-state index is 0.258. The predicted molar refractivity (Wildman–Crippen MR) is 54.2 cm³/mol. The highest BCUT2D eigenvalue weighted by Gasteiger charge is 2.62. The lowest BCUT2D eigenvalue weighted by Gasteiger charge is -2.26. The van der Waals surface area contributed by atoms with Gasteiger partial charge in [0.1, 0.15) is 0 Å². The molecule has 2 bridgehead atoms. The molecular formula is C10H17NO2S. The standard InChI is InChI=1S/C10H17NO2S/c1-10(2)7-3-4-8(10)9-6(7)5-14(12,13)11-9/h6-9,11H,3-5H2,1-2H3/t6-,7+,8-,9-/m1/s1. The van der Waals surface area contributed by atoms with E-state index in [-0.39, 0.29) is 6.04 Å². The Bertz CT molecular complexity index is 346. The third kappa shape index (κ3) is 0.936. The molecule has 0 aromatic carbocycles. The maximum atomic E-state index is 11.5. The lowest BCUT2D eigenvalue weighted by molar-refractivity contribution is 0.240. The number of fused-ring (bicyclic) bond motifs is 5. The molecule has 2 aliphatic carbocycles. The number of hydrogen-bond donors (Lipinski definition) is 1. The van der Waals surface area contributed by atoms with Gasteiger partial charge >= 0.3 is 0 Å². The molecule has 3 aliphatic rings. The van der Waals surface area contributed by atoms with Gasteiger partial charge in [-0.1, -0.05) is 13.8 Å². The number of hydrogen-bond acceptors (Lipinski definition) is 2. The molecule has 3 nitrogen and oxygen atoms in total. The summed E-state index contributed by atoms with van der Waals surface area (Å²) >= 11 is 0. The van der Waals surface area contributed by atoms with Crippen LogP contribution in [-0.4, -0.2) is 20.2 Å². The van der Waals surface area contributed by atoms with Crippen LogP contribution in [0.2, 0.25) is 0 Å². The van der Waals surface area contributed by atoms with Crippen LogP contribution in [0.1, 0.15) is 26.7 Å². The van der Waals surface area contributed by atoms with Gasteiger partial charge in [-0.15, -0.1) is 0 Å². The molecule has 1 saturated heterocycles. The molecule has 1 heterocycles. The number of rotatable bonds is 0. The molecule has 3 fully saturated rings. The molecule has 14 heavy (non-hydrogen) atoms. The van der Waals surface area contributed by atoms with Gasteiger partial charge in [0, 0.05) is 6.04 Å². The second-order valence-corrected chi connectivity index (χ2v) is 7.50. The SMILES string of the molecule is CC1(C)[C@@H]2CC[C@H]1[C@H]1CS(=O)(=O)N[C@H]12. The van der Waals surface area contributed by atoms with Crippen molar-refractivity contribution in [2.75, 3.05) is 5.75 Å². The first-order valence-corrected chi connectivity index (χ1v) is 7.07. The van der Waals surface area contributed by atoms with Crippen molar-refractivity contribution in [3.8, 4) is 0 Å². The third-order valence-corrected chi connectivity index (χ3v) is 6.29. The van der Waals surface area contributed by atoms with Crippen molar-refractivity contribution in [1.29, 1.82) is 0 Å². The summed E-state index contributed by atoms with van der Waals surface area (Å²) in [5, 5.41) is 0. The number of nitrogens with one attached hydrogen (secondary N) is 1. The first-order valence-electron chi connectivity index (χ1n) is 5.42. The summed E-state index contributed by atoms with van der Waals surface area (Å²) in [6, 6.07) is 0.258. The van der Waals surface area contributed by atoms with E-state index in [9.17, 15) is 8.42 Å². The van der Waals surface area contributed by atoms with Gasteiger partial charge in [0.05, 0.1) is 5.75 Å². The summed E-state index contributed by atoms with van der Waals surface area (Å²) in [6.07, 6.45) is 2.44. The predicted octanol–water partition coefficient (Wildman–Crippen LogP) is 0.970. The Labute approximate surface area is 85.3 Å². The van der Waals surface area contributed by atoms with E-state index in [1.165, 1.54) is 12.8 Å². The van der Waals surface area contributed by atoms with E-state index in [2.05, 4.69) is 18.6 Å². The fourth-order valence-electron chi connectivity index (χ4n) is 4.23. The summed E-state index contributed by atoms with van der Waals surface area (Å²) in [4.78, 5) is 0. The van der Waals surface area contributed by atoms with E-state index in [0.717, 1.165) is 0 Å². The summed E-state index contributed by atoms with van der Waals surface area (Å²) in [5.74, 6) is 1.98. The topological polar surface area (TPSA) is 46.2 Å². The van der Waals surface area contributed by atoms with Crippen LogP contribution < -0.4 is 4.72 Å². The highest BCUT2D eigenvalue weighted by Crippen LogP contribution is 2.61. The van der Waals surface area contributed by atoms with Crippen LogP contribution in [0.3, 0.4) is 0 Å². The molecule has 0 amide bonds. The van der Waals surface area contributed by atoms with Crippen molar-refractivity contribution >= 4 is 10.0 Å². The van der Waals surface area contributed by atoms with Crippen molar-refractivity contribution < 1.29 is 8.42 Å². The Kier molecular flexibility index (Phi) is 1.54. The van der Waals surface area contributed by atoms with Crippen molar-refractivity contribution in [1.82, 2.24) is 4.72 Å². The molecule has 0 radical (unpaired) electrons. The summed E-state index contributed by atoms with van der Waals surface area (Å²) in [5.41, 5.74) is 0.359. The van der Waals surface area contributed by atoms with E-state index in [1.54, 1.807) is 0 Å². The molecule has 4 atom stereocenters. The van der Waals surface area contributed by atoms with Gasteiger partial charge in [0.2, 0.25) is 10.0 Å². The lowest BCUT2D eigenvalue weighted by Crippen LogP contribution is -2.35. The Morgan fingerprint density at radius 1 is 1.21 bits per heavy atom. The maximum Gasteiger partial charge on any atom is 0.212 e. The Balaban J connectivity index is 2.01. The summed E-state index contributed by atoms with van der Waals surface area (Å²) in [7, 11) is -2.93. The average molecular weight is 215 g/mol. The summed E-state index contributed by atoms with van der Waals surface area (Å²) in [6.45, 7) is 4.61. The van der Waals surface area contributed by atoms with Crippen LogP contribution in [0.4, 0.5) is 0 Å². The van der Waals surface area contributed by atoms with Crippen LogP contribution in [0, 0.1) is 23.2 Å². The van der Waals surface area contributed by atoms with Crippen molar-refractivity contribution in [2.24, 2.45) is 23.2 Å². The molecule has 3 rings (SSSR count). The van der Waals surface area contributed by atoms with E-state index in [0.29, 0.717) is 28.9 Å². The molecule has 0 unspecified atom stereocenters. The monoisotopic (exact) mass is 215 g/mol. The molecule has 0 aromatic rings. The fraction of sp³-hybridized carbons (Fsp3) is 1.00. The fourth-order valence-corrected chi connectivity index (χ4v) is 6.03. The van der Waals surface area contributed by atoms with Crippen molar-refractivity contribution in [2.45, 2.75) is 32.7 Å². The largest absolute Gasteiger partial charge is 0.212 e. The first-order chi connectivity index (χ1) is 6.42. The van der Waals surface area contributed by atoms with Gasteiger partial charge in [-0.2, -0.15) is 0 Å². The first kappa shape index (κ1) is 9.16. The van der Waals surface area contributed by atoms with E-state index in [1.807, 2.05) is 0 Å². The van der Waals surface area contributed by atoms with E-state index >= 15 is 0 Å². The molecular weight excluding hydrogens is 198 g/mol. The third-order valence-electron chi connectivity index (χ3n) is 4.84. The number of sulfonamides is 1. The Hall–Kier alpha value is -0.0900. The molecule has 1 N–H and O–H groups in total. The zero-order valence-electron chi connectivity index (χ0n) is 8.66. The van der Waals surface area contributed by atoms with Crippen molar-refractivity contribution in [3.63, 3.8) is 0 Å². The molecule has 80 valence electrons. The molecule has 2 saturated carbocycles. The van der Waals surface area contributed by atoms with Gasteiger partial charge < -0.3 is 0 Å². The second-order valence-electron chi connectivity index (χ2n) is 5.70. The highest BCUT2D eigenvalue weighted by molar-refractivity contribution is 7.89. The Morgan fingerprint density at radius 3 is 2.50 bits per heavy atom. The zero-order valence-corrected chi connectivity index (χ0v) is 9.47. The van der Waals surface area contributed by atoms with Crippen LogP contribution in [-0.2, 0) is 10.0 Å². The quantitative estimate of drug-likeness (QED) is 0.654. The van der Waals surface area contributed by atoms with Gasteiger partial charge in [-0.05, 0) is 36.0 Å². The van der Waals surface area contributed by atoms with Gasteiger partial charge in [-0.3, -0.25) is 0 Å². The Morgan fingerprint density at radius 2 is 1.86 bits per heavy atom. The highest BCUT2D eigenvalue weighted by atomic mass is 32.2. The maximum absolute atomic E-state index is 11.5. The van der Waals surface area contributed by atoms with E-state index in [4.69, 9.17) is 0 Å². The second kappa shape index (κ2) is 2.35. The molecule has 1 aliphatic heterocycles. The normalized spacial score (nSPS) is 52.1. The van der Waals surface area contributed by atoms with Crippen LogP contribution >= 0.6 is 0 Å². The smallest absolute Gasteiger partial charge is 0.212 e.